The van der Waals surface area contributed by atoms with Gasteiger partial charge in [0.25, 0.3) is 6.43 Å². The minimum atomic E-state index is -2.75. The Labute approximate surface area is 197 Å². The zero-order valence-electron chi connectivity index (χ0n) is 19.3. The molecule has 182 valence electrons. The van der Waals surface area contributed by atoms with E-state index in [2.05, 4.69) is 27.2 Å². The Morgan fingerprint density at radius 3 is 2.59 bits per heavy atom. The van der Waals surface area contributed by atoms with Crippen LogP contribution in [0.1, 0.15) is 44.9 Å². The second-order valence-corrected chi connectivity index (χ2v) is 8.71. The van der Waals surface area contributed by atoms with Crippen molar-refractivity contribution in [3.63, 3.8) is 0 Å². The number of hydrogen-bond acceptors (Lipinski definition) is 7. The summed E-state index contributed by atoms with van der Waals surface area (Å²) in [5.74, 6) is 0.841. The van der Waals surface area contributed by atoms with Crippen molar-refractivity contribution in [2.75, 3.05) is 37.7 Å². The highest BCUT2D eigenvalue weighted by molar-refractivity contribution is 5.78. The molecule has 1 saturated heterocycles. The molecule has 0 amide bonds. The highest BCUT2D eigenvalue weighted by atomic mass is 19.3. The molecule has 1 saturated carbocycles. The largest absolute Gasteiger partial charge is 0.474 e. The maximum Gasteiger partial charge on any atom is 0.296 e. The van der Waals surface area contributed by atoms with Crippen LogP contribution < -0.4 is 15.0 Å². The Morgan fingerprint density at radius 2 is 1.85 bits per heavy atom. The molecular weight excluding hydrogens is 442 g/mol. The molecule has 2 fully saturated rings. The van der Waals surface area contributed by atoms with Gasteiger partial charge in [0.15, 0.2) is 5.82 Å². The highest BCUT2D eigenvalue weighted by Gasteiger charge is 2.26. The van der Waals surface area contributed by atoms with Gasteiger partial charge in [0.05, 0.1) is 24.2 Å². The van der Waals surface area contributed by atoms with Crippen LogP contribution in [0.5, 0.6) is 5.88 Å². The number of hydrogen-bond donors (Lipinski definition) is 1. The first-order valence-corrected chi connectivity index (χ1v) is 12.0. The number of morpholine rings is 1. The first-order valence-electron chi connectivity index (χ1n) is 12.0. The van der Waals surface area contributed by atoms with E-state index in [0.717, 1.165) is 32.2 Å². The second-order valence-electron chi connectivity index (χ2n) is 8.71. The summed E-state index contributed by atoms with van der Waals surface area (Å²) < 4.78 is 41.2. The topological polar surface area (TPSA) is 77.3 Å². The summed E-state index contributed by atoms with van der Waals surface area (Å²) >= 11 is 0. The van der Waals surface area contributed by atoms with Crippen LogP contribution >= 0.6 is 0 Å². The lowest BCUT2D eigenvalue weighted by Gasteiger charge is -2.30. The molecule has 10 heteroatoms. The number of imidazole rings is 1. The molecule has 1 aliphatic carbocycles. The summed E-state index contributed by atoms with van der Waals surface area (Å²) in [6.07, 6.45) is 1.19. The maximum absolute atomic E-state index is 14.0. The average molecular weight is 473 g/mol. The van der Waals surface area contributed by atoms with Crippen molar-refractivity contribution in [2.45, 2.75) is 51.2 Å². The number of fused-ring (bicyclic) bond motifs is 1. The number of ether oxygens (including phenoxy) is 2. The van der Waals surface area contributed by atoms with E-state index in [4.69, 9.17) is 9.47 Å². The molecule has 1 aromatic carbocycles. The van der Waals surface area contributed by atoms with E-state index in [1.807, 2.05) is 4.90 Å². The first-order chi connectivity index (χ1) is 16.6. The molecule has 34 heavy (non-hydrogen) atoms. The van der Waals surface area contributed by atoms with Gasteiger partial charge in [-0.1, -0.05) is 19.1 Å². The third-order valence-corrected chi connectivity index (χ3v) is 6.44. The normalized spacial score (nSPS) is 21.4. The van der Waals surface area contributed by atoms with E-state index in [1.165, 1.54) is 4.57 Å². The fourth-order valence-electron chi connectivity index (χ4n) is 4.76. The molecule has 5 rings (SSSR count). The summed E-state index contributed by atoms with van der Waals surface area (Å²) in [6, 6.07) is 9.25. The molecule has 0 radical (unpaired) electrons. The lowest BCUT2D eigenvalue weighted by atomic mass is 9.93. The molecule has 3 heterocycles. The summed E-state index contributed by atoms with van der Waals surface area (Å²) in [5.41, 5.74) is 1.06. The molecule has 0 unspecified atom stereocenters. The summed E-state index contributed by atoms with van der Waals surface area (Å²) in [6.45, 7) is 5.46. The van der Waals surface area contributed by atoms with Crippen LogP contribution in [0, 0.1) is 0 Å². The Morgan fingerprint density at radius 1 is 1.09 bits per heavy atom. The van der Waals surface area contributed by atoms with Gasteiger partial charge in [-0.25, -0.2) is 13.8 Å². The average Bonchev–Trinajstić information content (AvgIpc) is 3.26. The second kappa shape index (κ2) is 10.2. The van der Waals surface area contributed by atoms with Crippen LogP contribution in [0.3, 0.4) is 0 Å². The van der Waals surface area contributed by atoms with Gasteiger partial charge in [-0.2, -0.15) is 9.97 Å². The van der Waals surface area contributed by atoms with E-state index in [9.17, 15) is 8.78 Å². The zero-order chi connectivity index (χ0) is 23.5. The molecule has 1 aliphatic heterocycles. The van der Waals surface area contributed by atoms with E-state index in [1.54, 1.807) is 30.3 Å². The van der Waals surface area contributed by atoms with Crippen LogP contribution in [0.15, 0.2) is 30.3 Å². The molecule has 0 bridgehead atoms. The number of aromatic nitrogens is 4. The molecule has 2 aliphatic rings. The van der Waals surface area contributed by atoms with E-state index < -0.39 is 6.43 Å². The number of nitrogens with one attached hydrogen (secondary N) is 1. The van der Waals surface area contributed by atoms with Crippen molar-refractivity contribution < 1.29 is 18.3 Å². The van der Waals surface area contributed by atoms with Crippen molar-refractivity contribution in [2.24, 2.45) is 0 Å². The first kappa shape index (κ1) is 22.9. The minimum absolute atomic E-state index is 0.0318. The molecule has 0 spiro atoms. The summed E-state index contributed by atoms with van der Waals surface area (Å²) in [5, 5.41) is 3.50. The molecule has 1 N–H and O–H groups in total. The Hall–Kier alpha value is -2.85. The van der Waals surface area contributed by atoms with Gasteiger partial charge < -0.3 is 19.7 Å². The number of alkyl halides is 2. The van der Waals surface area contributed by atoms with E-state index >= 15 is 0 Å². The molecule has 8 nitrogen and oxygen atoms in total. The minimum Gasteiger partial charge on any atom is -0.474 e. The predicted molar refractivity (Wildman–Crippen MR) is 125 cm³/mol. The van der Waals surface area contributed by atoms with Crippen LogP contribution in [0.4, 0.5) is 14.7 Å². The summed E-state index contributed by atoms with van der Waals surface area (Å²) in [7, 11) is 0. The zero-order valence-corrected chi connectivity index (χ0v) is 19.3. The van der Waals surface area contributed by atoms with E-state index in [0.29, 0.717) is 61.0 Å². The number of anilines is 1. The number of rotatable bonds is 7. The number of benzene rings is 1. The van der Waals surface area contributed by atoms with Gasteiger partial charge in [0.2, 0.25) is 11.8 Å². The number of halogens is 2. The third-order valence-electron chi connectivity index (χ3n) is 6.44. The molecule has 3 aromatic rings. The molecular formula is C24H30F2N6O2. The van der Waals surface area contributed by atoms with Crippen LogP contribution in [0.25, 0.3) is 16.9 Å². The maximum atomic E-state index is 14.0. The van der Waals surface area contributed by atoms with Crippen molar-refractivity contribution in [3.05, 3.63) is 36.2 Å². The smallest absolute Gasteiger partial charge is 0.296 e. The Kier molecular flexibility index (Phi) is 6.87. The van der Waals surface area contributed by atoms with Crippen LogP contribution in [0.2, 0.25) is 0 Å². The van der Waals surface area contributed by atoms with Crippen molar-refractivity contribution >= 4 is 17.0 Å². The van der Waals surface area contributed by atoms with Crippen LogP contribution in [-0.4, -0.2) is 64.5 Å². The molecule has 2 aromatic heterocycles. The van der Waals surface area contributed by atoms with Crippen LogP contribution in [-0.2, 0) is 4.74 Å². The van der Waals surface area contributed by atoms with Crippen molar-refractivity contribution in [1.82, 2.24) is 24.8 Å². The van der Waals surface area contributed by atoms with Gasteiger partial charge in [-0.05, 0) is 44.4 Å². The van der Waals surface area contributed by atoms with Crippen molar-refractivity contribution in [1.29, 1.82) is 0 Å². The van der Waals surface area contributed by atoms with Gasteiger partial charge in [0, 0.05) is 25.2 Å². The van der Waals surface area contributed by atoms with Gasteiger partial charge in [-0.15, -0.1) is 0 Å². The Balaban J connectivity index is 1.51. The van der Waals surface area contributed by atoms with Gasteiger partial charge >= 0.3 is 0 Å². The fraction of sp³-hybridized carbons (Fsp3) is 0.542. The fourth-order valence-corrected chi connectivity index (χ4v) is 4.76. The standard InChI is InChI=1S/C24H30F2N6O2/c1-2-27-16-7-9-17(10-8-16)34-21-15-20(29-24(30-21)31-11-13-33-14-12-31)32-19-6-4-3-5-18(19)28-23(32)22(25)26/h3-6,15-17,22,27H,2,7-14H2,1H3/t16-,17-. The number of para-hydroxylation sites is 2. The van der Waals surface area contributed by atoms with Gasteiger partial charge in [-0.3, -0.25) is 4.57 Å². The SMILES string of the molecule is CCN[C@H]1CC[C@H](Oc2cc(-n3c(C(F)F)nc4ccccc43)nc(N3CCOCC3)n2)CC1. The Bertz CT molecular complexity index is 1110. The predicted octanol–water partition coefficient (Wildman–Crippen LogP) is 3.89. The molecule has 0 atom stereocenters. The van der Waals surface area contributed by atoms with Crippen molar-refractivity contribution in [3.8, 4) is 11.7 Å². The number of nitrogens with zero attached hydrogens (tertiary/aromatic N) is 5. The van der Waals surface area contributed by atoms with Gasteiger partial charge in [0.1, 0.15) is 11.9 Å². The third kappa shape index (κ3) is 4.83. The summed E-state index contributed by atoms with van der Waals surface area (Å²) in [4.78, 5) is 15.5. The van der Waals surface area contributed by atoms with E-state index in [-0.39, 0.29) is 11.9 Å². The quantitative estimate of drug-likeness (QED) is 0.559. The highest BCUT2D eigenvalue weighted by Crippen LogP contribution is 2.30. The lowest BCUT2D eigenvalue weighted by molar-refractivity contribution is 0.121. The lowest BCUT2D eigenvalue weighted by Crippen LogP contribution is -2.38. The monoisotopic (exact) mass is 472 g/mol.